The third kappa shape index (κ3) is 3.08. The van der Waals surface area contributed by atoms with Gasteiger partial charge in [-0.15, -0.1) is 11.3 Å². The van der Waals surface area contributed by atoms with E-state index in [-0.39, 0.29) is 30.2 Å². The Balaban J connectivity index is 1.88. The quantitative estimate of drug-likeness (QED) is 0.646. The largest absolute Gasteiger partial charge is 0.444 e. The van der Waals surface area contributed by atoms with Crippen LogP contribution in [0.5, 0.6) is 0 Å². The van der Waals surface area contributed by atoms with Crippen molar-refractivity contribution in [1.29, 1.82) is 0 Å². The predicted molar refractivity (Wildman–Crippen MR) is 103 cm³/mol. The van der Waals surface area contributed by atoms with Gasteiger partial charge < -0.3 is 14.6 Å². The zero-order chi connectivity index (χ0) is 18.3. The number of anilines is 1. The van der Waals surface area contributed by atoms with Gasteiger partial charge in [-0.3, -0.25) is 9.59 Å². The van der Waals surface area contributed by atoms with Crippen molar-refractivity contribution in [1.82, 2.24) is 4.90 Å². The van der Waals surface area contributed by atoms with Crippen LogP contribution in [-0.2, 0) is 4.79 Å². The van der Waals surface area contributed by atoms with E-state index >= 15 is 0 Å². The van der Waals surface area contributed by atoms with E-state index in [2.05, 4.69) is 21.2 Å². The summed E-state index contributed by atoms with van der Waals surface area (Å²) in [6.07, 6.45) is 0. The zero-order valence-corrected chi connectivity index (χ0v) is 16.3. The van der Waals surface area contributed by atoms with Crippen molar-refractivity contribution in [3.05, 3.63) is 74.3 Å². The molecule has 0 aliphatic carbocycles. The van der Waals surface area contributed by atoms with Crippen LogP contribution in [0, 0.1) is 6.92 Å². The summed E-state index contributed by atoms with van der Waals surface area (Å²) in [7, 11) is 0. The molecule has 132 valence electrons. The van der Waals surface area contributed by atoms with E-state index in [9.17, 15) is 9.59 Å². The van der Waals surface area contributed by atoms with Crippen molar-refractivity contribution in [2.24, 2.45) is 0 Å². The molecule has 0 saturated carbocycles. The van der Waals surface area contributed by atoms with Gasteiger partial charge in [-0.05, 0) is 52.5 Å². The summed E-state index contributed by atoms with van der Waals surface area (Å²) in [5.74, 6) is -0.353. The molecule has 0 bridgehead atoms. The molecule has 0 saturated heterocycles. The highest BCUT2D eigenvalue weighted by Gasteiger charge is 2.35. The molecule has 1 aliphatic rings. The molecule has 1 unspecified atom stereocenters. The minimum atomic E-state index is -0.361. The highest BCUT2D eigenvalue weighted by atomic mass is 79.9. The molecule has 4 rings (SSSR count). The lowest BCUT2D eigenvalue weighted by Crippen LogP contribution is -2.38. The first-order valence-electron chi connectivity index (χ1n) is 8.03. The number of nitrogens with zero attached hydrogens (tertiary/aromatic N) is 1. The van der Waals surface area contributed by atoms with Crippen molar-refractivity contribution in [3.63, 3.8) is 0 Å². The Bertz CT molecular complexity index is 981. The van der Waals surface area contributed by atoms with Crippen LogP contribution < -0.4 is 5.32 Å². The van der Waals surface area contributed by atoms with Gasteiger partial charge in [0, 0.05) is 16.1 Å². The van der Waals surface area contributed by atoms with Gasteiger partial charge in [0.15, 0.2) is 10.4 Å². The Morgan fingerprint density at radius 2 is 2.15 bits per heavy atom. The number of hydrogen-bond donors (Lipinski definition) is 1. The van der Waals surface area contributed by atoms with Crippen LogP contribution >= 0.6 is 27.3 Å². The maximum atomic E-state index is 13.1. The van der Waals surface area contributed by atoms with Crippen molar-refractivity contribution in [2.45, 2.75) is 13.0 Å². The van der Waals surface area contributed by atoms with Gasteiger partial charge in [0.1, 0.15) is 6.54 Å². The number of furan rings is 1. The smallest absolute Gasteiger partial charge is 0.290 e. The minimum Gasteiger partial charge on any atom is -0.444 e. The topological polar surface area (TPSA) is 62.6 Å². The predicted octanol–water partition coefficient (Wildman–Crippen LogP) is 4.60. The molecule has 1 atom stereocenters. The van der Waals surface area contributed by atoms with E-state index < -0.39 is 0 Å². The monoisotopic (exact) mass is 430 g/mol. The van der Waals surface area contributed by atoms with E-state index in [1.807, 2.05) is 42.6 Å². The van der Waals surface area contributed by atoms with Crippen LogP contribution in [-0.4, -0.2) is 23.3 Å². The molecule has 26 heavy (non-hydrogen) atoms. The van der Waals surface area contributed by atoms with Crippen molar-refractivity contribution in [3.8, 4) is 0 Å². The molecule has 1 aromatic carbocycles. The van der Waals surface area contributed by atoms with Gasteiger partial charge in [0.25, 0.3) is 5.91 Å². The van der Waals surface area contributed by atoms with Crippen LogP contribution in [0.25, 0.3) is 0 Å². The van der Waals surface area contributed by atoms with Crippen molar-refractivity contribution < 1.29 is 14.0 Å². The lowest BCUT2D eigenvalue weighted by molar-refractivity contribution is -0.117. The summed E-state index contributed by atoms with van der Waals surface area (Å²) in [5, 5.41) is 4.88. The fourth-order valence-corrected chi connectivity index (χ4v) is 4.30. The number of thiophene rings is 1. The third-order valence-corrected chi connectivity index (χ3v) is 5.61. The van der Waals surface area contributed by atoms with Gasteiger partial charge in [-0.25, -0.2) is 0 Å². The van der Waals surface area contributed by atoms with Crippen LogP contribution in [0.2, 0.25) is 0 Å². The van der Waals surface area contributed by atoms with Crippen molar-refractivity contribution in [2.75, 3.05) is 11.9 Å². The lowest BCUT2D eigenvalue weighted by atomic mass is 9.99. The normalized spacial score (nSPS) is 16.8. The highest BCUT2D eigenvalue weighted by Crippen LogP contribution is 2.39. The van der Waals surface area contributed by atoms with Crippen LogP contribution in [0.3, 0.4) is 0 Å². The minimum absolute atomic E-state index is 0.0482. The molecule has 1 N–H and O–H groups in total. The van der Waals surface area contributed by atoms with Crippen LogP contribution in [0.1, 0.15) is 32.6 Å². The fourth-order valence-electron chi connectivity index (χ4n) is 3.14. The molecule has 2 amide bonds. The average molecular weight is 431 g/mol. The number of carbonyl (C=O) groups is 2. The number of benzene rings is 1. The molecule has 2 aromatic heterocycles. The Morgan fingerprint density at radius 1 is 1.31 bits per heavy atom. The van der Waals surface area contributed by atoms with Crippen LogP contribution in [0.15, 0.2) is 56.9 Å². The fraction of sp³-hybridized carbons (Fsp3) is 0.158. The van der Waals surface area contributed by atoms with Gasteiger partial charge in [-0.2, -0.15) is 0 Å². The molecule has 5 nitrogen and oxygen atoms in total. The second kappa shape index (κ2) is 6.74. The summed E-state index contributed by atoms with van der Waals surface area (Å²) < 4.78 is 5.93. The second-order valence-corrected chi connectivity index (χ2v) is 7.85. The Kier molecular flexibility index (Phi) is 4.42. The molecule has 1 aliphatic heterocycles. The molecule has 0 fully saturated rings. The molecule has 3 aromatic rings. The van der Waals surface area contributed by atoms with Gasteiger partial charge in [-0.1, -0.05) is 23.8 Å². The SMILES string of the molecule is Cc1ccc2c(c1)C(c1cccs1)N(C(=O)c1ccc(Br)o1)CC(=O)N2. The van der Waals surface area contributed by atoms with E-state index in [1.165, 1.54) is 0 Å². The van der Waals surface area contributed by atoms with Gasteiger partial charge >= 0.3 is 0 Å². The van der Waals surface area contributed by atoms with E-state index in [0.29, 0.717) is 4.67 Å². The number of fused-ring (bicyclic) bond motifs is 1. The molecule has 0 radical (unpaired) electrons. The van der Waals surface area contributed by atoms with E-state index in [4.69, 9.17) is 4.42 Å². The maximum absolute atomic E-state index is 13.1. The van der Waals surface area contributed by atoms with Crippen LogP contribution in [0.4, 0.5) is 5.69 Å². The number of hydrogen-bond acceptors (Lipinski definition) is 4. The summed E-state index contributed by atoms with van der Waals surface area (Å²) in [6.45, 7) is 1.95. The number of halogens is 1. The molecule has 3 heterocycles. The third-order valence-electron chi connectivity index (χ3n) is 4.26. The van der Waals surface area contributed by atoms with Gasteiger partial charge in [0.2, 0.25) is 5.91 Å². The summed E-state index contributed by atoms with van der Waals surface area (Å²) in [5.41, 5.74) is 2.70. The molecular weight excluding hydrogens is 416 g/mol. The highest BCUT2D eigenvalue weighted by molar-refractivity contribution is 9.10. The average Bonchev–Trinajstić information content (AvgIpc) is 3.25. The number of aryl methyl sites for hydroxylation is 1. The molecule has 0 spiro atoms. The Hall–Kier alpha value is -2.38. The number of carbonyl (C=O) groups excluding carboxylic acids is 2. The van der Waals surface area contributed by atoms with E-state index in [1.54, 1.807) is 28.4 Å². The van der Waals surface area contributed by atoms with Crippen molar-refractivity contribution >= 4 is 44.8 Å². The van der Waals surface area contributed by atoms with Gasteiger partial charge in [0.05, 0.1) is 6.04 Å². The summed E-state index contributed by atoms with van der Waals surface area (Å²) >= 11 is 4.78. The lowest BCUT2D eigenvalue weighted by Gasteiger charge is -2.28. The summed E-state index contributed by atoms with van der Waals surface area (Å²) in [4.78, 5) is 28.2. The maximum Gasteiger partial charge on any atom is 0.290 e. The number of nitrogens with one attached hydrogen (secondary N) is 1. The molecular formula is C19H15BrN2O3S. The number of rotatable bonds is 2. The zero-order valence-electron chi connectivity index (χ0n) is 13.9. The summed E-state index contributed by atoms with van der Waals surface area (Å²) in [6, 6.07) is 12.7. The van der Waals surface area contributed by atoms with E-state index in [0.717, 1.165) is 21.7 Å². The second-order valence-electron chi connectivity index (χ2n) is 6.09. The standard InChI is InChI=1S/C19H15BrN2O3S/c1-11-4-5-13-12(9-11)18(15-3-2-8-26-15)22(10-17(23)21-13)19(24)14-6-7-16(20)25-14/h2-9,18H,10H2,1H3,(H,21,23). The first kappa shape index (κ1) is 17.1. The first-order chi connectivity index (χ1) is 12.5. The first-order valence-corrected chi connectivity index (χ1v) is 9.70. The number of amides is 2. The Labute approximate surface area is 162 Å². The Morgan fingerprint density at radius 3 is 2.85 bits per heavy atom. The molecule has 7 heteroatoms.